The van der Waals surface area contributed by atoms with Gasteiger partial charge in [-0.25, -0.2) is 0 Å². The molecule has 0 spiro atoms. The lowest BCUT2D eigenvalue weighted by Crippen LogP contribution is -2.34. The van der Waals surface area contributed by atoms with Gasteiger partial charge in [-0.2, -0.15) is 5.10 Å². The van der Waals surface area contributed by atoms with Crippen molar-refractivity contribution in [3.05, 3.63) is 24.4 Å². The van der Waals surface area contributed by atoms with E-state index >= 15 is 0 Å². The first-order valence-electron chi connectivity index (χ1n) is 5.36. The van der Waals surface area contributed by atoms with Gasteiger partial charge in [0.05, 0.1) is 18.0 Å². The van der Waals surface area contributed by atoms with Crippen LogP contribution in [0.5, 0.6) is 0 Å². The molecule has 90 valence electrons. The Hall–Kier alpha value is -2.11. The number of aromatic nitrogens is 2. The van der Waals surface area contributed by atoms with Crippen LogP contribution in [-0.2, 0) is 9.59 Å². The fourth-order valence-electron chi connectivity index (χ4n) is 1.93. The smallest absolute Gasteiger partial charge is 0.307 e. The summed E-state index contributed by atoms with van der Waals surface area (Å²) in [5, 5.41) is 18.0. The lowest BCUT2D eigenvalue weighted by Gasteiger charge is -2.23. The molecule has 0 saturated heterocycles. The van der Waals surface area contributed by atoms with Gasteiger partial charge in [0.25, 0.3) is 0 Å². The number of aromatic amines is 1. The topological polar surface area (TPSA) is 95.1 Å². The van der Waals surface area contributed by atoms with E-state index in [0.717, 1.165) is 0 Å². The lowest BCUT2D eigenvalue weighted by molar-refractivity contribution is -0.146. The van der Waals surface area contributed by atoms with E-state index in [1.807, 2.05) is 6.08 Å². The Morgan fingerprint density at radius 1 is 1.35 bits per heavy atom. The molecule has 17 heavy (non-hydrogen) atoms. The van der Waals surface area contributed by atoms with E-state index in [1.165, 1.54) is 6.20 Å². The second kappa shape index (κ2) is 4.82. The molecule has 0 aromatic carbocycles. The van der Waals surface area contributed by atoms with Crippen LogP contribution < -0.4 is 5.32 Å². The highest BCUT2D eigenvalue weighted by Crippen LogP contribution is 2.26. The summed E-state index contributed by atoms with van der Waals surface area (Å²) in [5.41, 5.74) is 0. The summed E-state index contributed by atoms with van der Waals surface area (Å²) in [6.07, 6.45) is 6.02. The molecule has 1 aliphatic rings. The van der Waals surface area contributed by atoms with E-state index in [1.54, 1.807) is 12.1 Å². The SMILES string of the molecule is O=C(O)[C@H]1CC=CC[C@@H]1C(=O)Nc1ccn[nH]1. The van der Waals surface area contributed by atoms with Crippen molar-refractivity contribution in [2.24, 2.45) is 11.8 Å². The fraction of sp³-hybridized carbons (Fsp3) is 0.364. The first-order chi connectivity index (χ1) is 8.18. The van der Waals surface area contributed by atoms with Crippen molar-refractivity contribution in [2.75, 3.05) is 5.32 Å². The zero-order valence-electron chi connectivity index (χ0n) is 9.09. The summed E-state index contributed by atoms with van der Waals surface area (Å²) >= 11 is 0. The Morgan fingerprint density at radius 3 is 2.65 bits per heavy atom. The van der Waals surface area contributed by atoms with Gasteiger partial charge in [0.15, 0.2) is 0 Å². The minimum atomic E-state index is -0.931. The molecule has 0 radical (unpaired) electrons. The number of aliphatic carboxylic acids is 1. The second-order valence-electron chi connectivity index (χ2n) is 3.95. The number of carbonyl (C=O) groups is 2. The van der Waals surface area contributed by atoms with E-state index in [4.69, 9.17) is 5.11 Å². The number of amides is 1. The number of allylic oxidation sites excluding steroid dienone is 2. The van der Waals surface area contributed by atoms with Crippen molar-refractivity contribution in [2.45, 2.75) is 12.8 Å². The molecule has 1 heterocycles. The molecule has 1 aromatic heterocycles. The third kappa shape index (κ3) is 2.52. The van der Waals surface area contributed by atoms with Crippen LogP contribution in [0.4, 0.5) is 5.82 Å². The average Bonchev–Trinajstić information content (AvgIpc) is 2.81. The maximum Gasteiger partial charge on any atom is 0.307 e. The average molecular weight is 235 g/mol. The second-order valence-corrected chi connectivity index (χ2v) is 3.95. The highest BCUT2D eigenvalue weighted by molar-refractivity contribution is 5.94. The summed E-state index contributed by atoms with van der Waals surface area (Å²) in [5.74, 6) is -1.91. The van der Waals surface area contributed by atoms with Crippen LogP contribution in [0.3, 0.4) is 0 Å². The van der Waals surface area contributed by atoms with Crippen LogP contribution in [0, 0.1) is 11.8 Å². The molecule has 0 aliphatic heterocycles. The first kappa shape index (κ1) is 11.4. The largest absolute Gasteiger partial charge is 0.481 e. The molecule has 0 saturated carbocycles. The van der Waals surface area contributed by atoms with E-state index in [9.17, 15) is 9.59 Å². The Bertz CT molecular complexity index is 439. The summed E-state index contributed by atoms with van der Waals surface area (Å²) in [4.78, 5) is 23.0. The Kier molecular flexibility index (Phi) is 3.22. The predicted octanol–water partition coefficient (Wildman–Crippen LogP) is 1.02. The number of H-pyrrole nitrogens is 1. The summed E-state index contributed by atoms with van der Waals surface area (Å²) in [6, 6.07) is 1.62. The van der Waals surface area contributed by atoms with Crippen LogP contribution in [0.25, 0.3) is 0 Å². The van der Waals surface area contributed by atoms with Gasteiger partial charge in [0.2, 0.25) is 5.91 Å². The van der Waals surface area contributed by atoms with Crippen LogP contribution in [-0.4, -0.2) is 27.2 Å². The lowest BCUT2D eigenvalue weighted by atomic mass is 9.82. The number of carbonyl (C=O) groups excluding carboxylic acids is 1. The quantitative estimate of drug-likeness (QED) is 0.681. The number of anilines is 1. The van der Waals surface area contributed by atoms with Gasteiger partial charge in [-0.3, -0.25) is 14.7 Å². The molecule has 6 nitrogen and oxygen atoms in total. The minimum absolute atomic E-state index is 0.286. The van der Waals surface area contributed by atoms with E-state index in [2.05, 4.69) is 15.5 Å². The number of nitrogens with one attached hydrogen (secondary N) is 2. The zero-order chi connectivity index (χ0) is 12.3. The first-order valence-corrected chi connectivity index (χ1v) is 5.36. The van der Waals surface area contributed by atoms with Crippen molar-refractivity contribution >= 4 is 17.7 Å². The van der Waals surface area contributed by atoms with Gasteiger partial charge >= 0.3 is 5.97 Å². The number of carboxylic acid groups (broad SMARTS) is 1. The molecule has 1 amide bonds. The van der Waals surface area contributed by atoms with Crippen molar-refractivity contribution < 1.29 is 14.7 Å². The Labute approximate surface area is 97.7 Å². The highest BCUT2D eigenvalue weighted by atomic mass is 16.4. The van der Waals surface area contributed by atoms with Gasteiger partial charge in [0, 0.05) is 6.07 Å². The molecule has 2 rings (SSSR count). The maximum atomic E-state index is 11.9. The molecule has 0 fully saturated rings. The normalized spacial score (nSPS) is 23.3. The molecule has 1 aromatic rings. The summed E-state index contributed by atoms with van der Waals surface area (Å²) < 4.78 is 0. The third-order valence-corrected chi connectivity index (χ3v) is 2.84. The number of rotatable bonds is 3. The van der Waals surface area contributed by atoms with E-state index in [-0.39, 0.29) is 5.91 Å². The molecule has 0 bridgehead atoms. The predicted molar refractivity (Wildman–Crippen MR) is 60.2 cm³/mol. The number of hydrogen-bond acceptors (Lipinski definition) is 3. The van der Waals surface area contributed by atoms with Crippen molar-refractivity contribution in [1.82, 2.24) is 10.2 Å². The van der Waals surface area contributed by atoms with Gasteiger partial charge in [-0.1, -0.05) is 12.2 Å². The molecule has 6 heteroatoms. The Morgan fingerprint density at radius 2 is 2.06 bits per heavy atom. The number of carboxylic acids is 1. The summed E-state index contributed by atoms with van der Waals surface area (Å²) in [7, 11) is 0. The van der Waals surface area contributed by atoms with Gasteiger partial charge in [-0.05, 0) is 12.8 Å². The van der Waals surface area contributed by atoms with E-state index in [0.29, 0.717) is 18.7 Å². The van der Waals surface area contributed by atoms with Gasteiger partial charge in [0.1, 0.15) is 5.82 Å². The van der Waals surface area contributed by atoms with Crippen LogP contribution >= 0.6 is 0 Å². The number of nitrogens with zero attached hydrogens (tertiary/aromatic N) is 1. The maximum absolute atomic E-state index is 11.9. The third-order valence-electron chi connectivity index (χ3n) is 2.84. The van der Waals surface area contributed by atoms with Crippen LogP contribution in [0.2, 0.25) is 0 Å². The molecule has 1 aliphatic carbocycles. The highest BCUT2D eigenvalue weighted by Gasteiger charge is 2.33. The van der Waals surface area contributed by atoms with Crippen LogP contribution in [0.15, 0.2) is 24.4 Å². The molecule has 0 unspecified atom stereocenters. The molecular weight excluding hydrogens is 222 g/mol. The standard InChI is InChI=1S/C11H13N3O3/c15-10(13-9-5-6-12-14-9)7-3-1-2-4-8(7)11(16)17/h1-2,5-8H,3-4H2,(H,16,17)(H2,12,13,14,15)/t7-,8-/m0/s1. The van der Waals surface area contributed by atoms with Crippen molar-refractivity contribution in [3.63, 3.8) is 0 Å². The van der Waals surface area contributed by atoms with Crippen LogP contribution in [0.1, 0.15) is 12.8 Å². The monoisotopic (exact) mass is 235 g/mol. The van der Waals surface area contributed by atoms with Crippen molar-refractivity contribution in [3.8, 4) is 0 Å². The minimum Gasteiger partial charge on any atom is -0.481 e. The van der Waals surface area contributed by atoms with E-state index < -0.39 is 17.8 Å². The molecule has 3 N–H and O–H groups in total. The zero-order valence-corrected chi connectivity index (χ0v) is 9.09. The number of hydrogen-bond donors (Lipinski definition) is 3. The summed E-state index contributed by atoms with van der Waals surface area (Å²) in [6.45, 7) is 0. The van der Waals surface area contributed by atoms with Gasteiger partial charge < -0.3 is 10.4 Å². The van der Waals surface area contributed by atoms with Crippen molar-refractivity contribution in [1.29, 1.82) is 0 Å². The molecular formula is C11H13N3O3. The fourth-order valence-corrected chi connectivity index (χ4v) is 1.93. The van der Waals surface area contributed by atoms with Gasteiger partial charge in [-0.15, -0.1) is 0 Å². The molecule has 2 atom stereocenters. The Balaban J connectivity index is 2.07.